The maximum atomic E-state index is 5.64. The molecule has 0 amide bonds. The summed E-state index contributed by atoms with van der Waals surface area (Å²) in [5.41, 5.74) is 1.17. The third-order valence-corrected chi connectivity index (χ3v) is 3.70. The summed E-state index contributed by atoms with van der Waals surface area (Å²) in [6, 6.07) is 1.19. The van der Waals surface area contributed by atoms with Crippen LogP contribution in [0.25, 0.3) is 0 Å². The van der Waals surface area contributed by atoms with Gasteiger partial charge in [0.1, 0.15) is 5.60 Å². The zero-order valence-electron chi connectivity index (χ0n) is 9.58. The van der Waals surface area contributed by atoms with Crippen LogP contribution in [0.5, 0.6) is 0 Å². The second-order valence-corrected chi connectivity index (χ2v) is 5.05. The van der Waals surface area contributed by atoms with Crippen molar-refractivity contribution >= 4 is 5.71 Å². The normalized spacial score (nSPS) is 43.9. The Morgan fingerprint density at radius 3 is 2.36 bits per heavy atom. The highest BCUT2D eigenvalue weighted by molar-refractivity contribution is 5.83. The summed E-state index contributed by atoms with van der Waals surface area (Å²) in [6.07, 6.45) is 3.24. The largest absolute Gasteiger partial charge is 0.389 e. The SMILES string of the molecule is CC1=NOC2(C1)CC(C)N(C)C(C)C2. The summed E-state index contributed by atoms with van der Waals surface area (Å²) in [4.78, 5) is 8.08. The van der Waals surface area contributed by atoms with Crippen molar-refractivity contribution in [3.05, 3.63) is 0 Å². The Balaban J connectivity index is 2.10. The van der Waals surface area contributed by atoms with Crippen molar-refractivity contribution in [3.8, 4) is 0 Å². The number of nitrogens with zero attached hydrogens (tertiary/aromatic N) is 2. The number of hydrogen-bond donors (Lipinski definition) is 0. The summed E-state index contributed by atoms with van der Waals surface area (Å²) >= 11 is 0. The molecule has 2 heterocycles. The maximum Gasteiger partial charge on any atom is 0.146 e. The standard InChI is InChI=1S/C11H20N2O/c1-8-5-11(14-12-8)6-9(2)13(4)10(3)7-11/h9-10H,5-7H2,1-4H3. The number of piperidine rings is 1. The molecular weight excluding hydrogens is 176 g/mol. The van der Waals surface area contributed by atoms with Crippen LogP contribution in [-0.2, 0) is 4.84 Å². The molecule has 3 heteroatoms. The van der Waals surface area contributed by atoms with E-state index < -0.39 is 0 Å². The first-order valence-electron chi connectivity index (χ1n) is 5.46. The molecule has 2 unspecified atom stereocenters. The van der Waals surface area contributed by atoms with Crippen LogP contribution in [0.15, 0.2) is 5.16 Å². The summed E-state index contributed by atoms with van der Waals surface area (Å²) in [6.45, 7) is 6.60. The van der Waals surface area contributed by atoms with E-state index in [2.05, 4.69) is 37.9 Å². The van der Waals surface area contributed by atoms with Gasteiger partial charge in [0.2, 0.25) is 0 Å². The van der Waals surface area contributed by atoms with E-state index in [4.69, 9.17) is 4.84 Å². The monoisotopic (exact) mass is 196 g/mol. The van der Waals surface area contributed by atoms with Gasteiger partial charge in [-0.3, -0.25) is 0 Å². The first-order valence-corrected chi connectivity index (χ1v) is 5.46. The van der Waals surface area contributed by atoms with Crippen molar-refractivity contribution in [2.45, 2.75) is 57.7 Å². The second kappa shape index (κ2) is 3.23. The molecule has 0 aliphatic carbocycles. The fourth-order valence-electron chi connectivity index (χ4n) is 2.81. The van der Waals surface area contributed by atoms with Gasteiger partial charge in [-0.25, -0.2) is 0 Å². The average molecular weight is 196 g/mol. The Morgan fingerprint density at radius 1 is 1.36 bits per heavy atom. The van der Waals surface area contributed by atoms with Gasteiger partial charge in [0.15, 0.2) is 0 Å². The summed E-state index contributed by atoms with van der Waals surface area (Å²) in [5, 5.41) is 4.11. The van der Waals surface area contributed by atoms with Crippen molar-refractivity contribution in [2.75, 3.05) is 7.05 Å². The van der Waals surface area contributed by atoms with Gasteiger partial charge in [-0.15, -0.1) is 0 Å². The van der Waals surface area contributed by atoms with Crippen LogP contribution in [0.3, 0.4) is 0 Å². The quantitative estimate of drug-likeness (QED) is 0.592. The van der Waals surface area contributed by atoms with Crippen LogP contribution in [-0.4, -0.2) is 35.3 Å². The molecule has 0 N–H and O–H groups in total. The molecule has 0 saturated carbocycles. The third kappa shape index (κ3) is 1.54. The van der Waals surface area contributed by atoms with Gasteiger partial charge in [0, 0.05) is 31.3 Å². The van der Waals surface area contributed by atoms with Crippen LogP contribution in [0, 0.1) is 0 Å². The van der Waals surface area contributed by atoms with Crippen molar-refractivity contribution in [1.29, 1.82) is 0 Å². The molecule has 0 aromatic carbocycles. The molecule has 0 aromatic rings. The topological polar surface area (TPSA) is 24.8 Å². The first kappa shape index (κ1) is 9.97. The summed E-state index contributed by atoms with van der Waals surface area (Å²) in [7, 11) is 2.20. The van der Waals surface area contributed by atoms with E-state index in [0.29, 0.717) is 12.1 Å². The van der Waals surface area contributed by atoms with Gasteiger partial charge in [-0.1, -0.05) is 5.16 Å². The molecule has 0 aromatic heterocycles. The second-order valence-electron chi connectivity index (χ2n) is 5.05. The minimum atomic E-state index is 0.0232. The zero-order chi connectivity index (χ0) is 10.3. The molecule has 1 spiro atoms. The molecule has 1 saturated heterocycles. The number of likely N-dealkylation sites (tertiary alicyclic amines) is 1. The highest BCUT2D eigenvalue weighted by Crippen LogP contribution is 2.39. The van der Waals surface area contributed by atoms with Gasteiger partial charge < -0.3 is 9.74 Å². The number of rotatable bonds is 0. The molecule has 2 aliphatic heterocycles. The van der Waals surface area contributed by atoms with E-state index in [1.54, 1.807) is 0 Å². The van der Waals surface area contributed by atoms with Gasteiger partial charge in [-0.2, -0.15) is 0 Å². The molecule has 0 radical (unpaired) electrons. The van der Waals surface area contributed by atoms with Crippen molar-refractivity contribution in [2.24, 2.45) is 5.16 Å². The Labute approximate surface area is 86.1 Å². The predicted molar refractivity (Wildman–Crippen MR) is 57.5 cm³/mol. The Morgan fingerprint density at radius 2 is 1.93 bits per heavy atom. The molecule has 3 nitrogen and oxygen atoms in total. The summed E-state index contributed by atoms with van der Waals surface area (Å²) < 4.78 is 0. The van der Waals surface area contributed by atoms with Gasteiger partial charge >= 0.3 is 0 Å². The molecule has 14 heavy (non-hydrogen) atoms. The first-order chi connectivity index (χ1) is 6.52. The fraction of sp³-hybridized carbons (Fsp3) is 0.909. The molecule has 2 rings (SSSR count). The van der Waals surface area contributed by atoms with Gasteiger partial charge in [0.25, 0.3) is 0 Å². The zero-order valence-corrected chi connectivity index (χ0v) is 9.58. The van der Waals surface area contributed by atoms with Crippen molar-refractivity contribution < 1.29 is 4.84 Å². The van der Waals surface area contributed by atoms with E-state index in [0.717, 1.165) is 25.0 Å². The molecular formula is C11H20N2O. The van der Waals surface area contributed by atoms with E-state index in [9.17, 15) is 0 Å². The maximum absolute atomic E-state index is 5.64. The van der Waals surface area contributed by atoms with Crippen molar-refractivity contribution in [3.63, 3.8) is 0 Å². The number of hydrogen-bond acceptors (Lipinski definition) is 3. The van der Waals surface area contributed by atoms with Crippen LogP contribution >= 0.6 is 0 Å². The highest BCUT2D eigenvalue weighted by Gasteiger charge is 2.45. The molecule has 2 atom stereocenters. The summed E-state index contributed by atoms with van der Waals surface area (Å²) in [5.74, 6) is 0. The van der Waals surface area contributed by atoms with Crippen LogP contribution < -0.4 is 0 Å². The lowest BCUT2D eigenvalue weighted by atomic mass is 9.80. The van der Waals surface area contributed by atoms with Crippen molar-refractivity contribution in [1.82, 2.24) is 4.90 Å². The highest BCUT2D eigenvalue weighted by atomic mass is 16.7. The van der Waals surface area contributed by atoms with Gasteiger partial charge in [-0.05, 0) is 27.8 Å². The van der Waals surface area contributed by atoms with E-state index in [1.165, 1.54) is 0 Å². The lowest BCUT2D eigenvalue weighted by Gasteiger charge is -2.44. The van der Waals surface area contributed by atoms with Gasteiger partial charge in [0.05, 0.1) is 5.71 Å². The van der Waals surface area contributed by atoms with E-state index in [-0.39, 0.29) is 5.60 Å². The predicted octanol–water partition coefficient (Wildman–Crippen LogP) is 2.02. The number of oxime groups is 1. The van der Waals surface area contributed by atoms with E-state index >= 15 is 0 Å². The molecule has 80 valence electrons. The lowest BCUT2D eigenvalue weighted by Crippen LogP contribution is -2.52. The minimum absolute atomic E-state index is 0.0232. The fourth-order valence-corrected chi connectivity index (χ4v) is 2.81. The van der Waals surface area contributed by atoms with Crippen LogP contribution in [0.2, 0.25) is 0 Å². The Hall–Kier alpha value is -0.570. The van der Waals surface area contributed by atoms with E-state index in [1.807, 2.05) is 0 Å². The van der Waals surface area contributed by atoms with Crippen LogP contribution in [0.4, 0.5) is 0 Å². The average Bonchev–Trinajstić information content (AvgIpc) is 2.43. The lowest BCUT2D eigenvalue weighted by molar-refractivity contribution is -0.0891. The molecule has 2 aliphatic rings. The minimum Gasteiger partial charge on any atom is -0.389 e. The Kier molecular flexibility index (Phi) is 2.30. The molecule has 1 fully saturated rings. The third-order valence-electron chi connectivity index (χ3n) is 3.70. The van der Waals surface area contributed by atoms with Crippen LogP contribution in [0.1, 0.15) is 40.0 Å². The molecule has 0 bridgehead atoms. The smallest absolute Gasteiger partial charge is 0.146 e. The Bertz CT molecular complexity index is 250.